The number of carbonyl (C=O) groups is 2. The highest BCUT2D eigenvalue weighted by Crippen LogP contribution is 2.20. The van der Waals surface area contributed by atoms with Crippen molar-refractivity contribution in [3.05, 3.63) is 66.5 Å². The number of rotatable bonds is 8. The predicted octanol–water partition coefficient (Wildman–Crippen LogP) is 2.55. The van der Waals surface area contributed by atoms with Crippen LogP contribution in [0, 0.1) is 0 Å². The average molecular weight is 452 g/mol. The van der Waals surface area contributed by atoms with Gasteiger partial charge in [0.05, 0.1) is 18.3 Å². The van der Waals surface area contributed by atoms with Gasteiger partial charge in [0.1, 0.15) is 5.82 Å². The second kappa shape index (κ2) is 11.9. The highest BCUT2D eigenvalue weighted by molar-refractivity contribution is 5.95. The molecule has 10 heteroatoms. The van der Waals surface area contributed by atoms with Gasteiger partial charge in [-0.05, 0) is 24.1 Å². The van der Waals surface area contributed by atoms with Gasteiger partial charge in [0.25, 0.3) is 0 Å². The number of halogens is 2. The zero-order chi connectivity index (χ0) is 19.9. The number of nitrogens with one attached hydrogen (secondary N) is 2. The summed E-state index contributed by atoms with van der Waals surface area (Å²) in [6, 6.07) is 14.2. The molecular formula is C20H23Cl2N5O3. The molecule has 30 heavy (non-hydrogen) atoms. The first-order valence-electron chi connectivity index (χ1n) is 8.77. The minimum Gasteiger partial charge on any atom is -0.480 e. The zero-order valence-electron chi connectivity index (χ0n) is 16.2. The van der Waals surface area contributed by atoms with Gasteiger partial charge in [-0.15, -0.1) is 24.8 Å². The van der Waals surface area contributed by atoms with Crippen LogP contribution < -0.4 is 10.6 Å². The Labute approximate surface area is 186 Å². The fraction of sp³-hybridized carbons (Fsp3) is 0.200. The molecule has 0 bridgehead atoms. The molecule has 0 spiro atoms. The molecule has 0 radical (unpaired) electrons. The van der Waals surface area contributed by atoms with E-state index in [1.807, 2.05) is 42.5 Å². The lowest BCUT2D eigenvalue weighted by Gasteiger charge is -2.17. The number of aryl methyl sites for hydroxylation is 1. The summed E-state index contributed by atoms with van der Waals surface area (Å²) < 4.78 is 1.57. The number of nitrogens with zero attached hydrogens (tertiary/aromatic N) is 3. The number of aliphatic carboxylic acids is 1. The van der Waals surface area contributed by atoms with Gasteiger partial charge in [-0.1, -0.05) is 30.3 Å². The molecule has 160 valence electrons. The van der Waals surface area contributed by atoms with Crippen molar-refractivity contribution < 1.29 is 14.7 Å². The number of benzene rings is 1. The van der Waals surface area contributed by atoms with Crippen LogP contribution in [0.2, 0.25) is 0 Å². The van der Waals surface area contributed by atoms with Gasteiger partial charge in [0.2, 0.25) is 5.91 Å². The first kappa shape index (κ1) is 25.1. The van der Waals surface area contributed by atoms with E-state index >= 15 is 0 Å². The van der Waals surface area contributed by atoms with Crippen molar-refractivity contribution in [2.24, 2.45) is 7.05 Å². The molecule has 0 aliphatic carbocycles. The molecule has 0 saturated carbocycles. The van der Waals surface area contributed by atoms with Crippen LogP contribution in [-0.2, 0) is 23.1 Å². The number of hydrogen-bond donors (Lipinski definition) is 3. The Morgan fingerprint density at radius 1 is 1.10 bits per heavy atom. The molecule has 0 unspecified atom stereocenters. The SMILES string of the molecule is Cl.Cl.Cn1nc(-c2ccncc2)cc1NC(=O)[C@H](Cc1ccccc1)NCC(=O)O. The minimum atomic E-state index is -1.02. The van der Waals surface area contributed by atoms with Crippen LogP contribution in [0.15, 0.2) is 60.9 Å². The third-order valence-corrected chi connectivity index (χ3v) is 4.21. The number of carboxylic acids is 1. The standard InChI is InChI=1S/C20H21N5O3.2ClH/c1-25-18(12-16(24-25)15-7-9-21-10-8-15)23-20(28)17(22-13-19(26)27)11-14-5-3-2-4-6-14;;/h2-10,12,17,22H,11,13H2,1H3,(H,23,28)(H,26,27);2*1H/t17-;;/m0../s1. The minimum absolute atomic E-state index is 0. The van der Waals surface area contributed by atoms with Gasteiger partial charge in [0.15, 0.2) is 0 Å². The molecule has 1 atom stereocenters. The van der Waals surface area contributed by atoms with Crippen molar-refractivity contribution in [2.45, 2.75) is 12.5 Å². The summed E-state index contributed by atoms with van der Waals surface area (Å²) in [6.45, 7) is -0.307. The van der Waals surface area contributed by atoms with E-state index in [1.165, 1.54) is 0 Å². The summed E-state index contributed by atoms with van der Waals surface area (Å²) >= 11 is 0. The normalized spacial score (nSPS) is 11.0. The first-order valence-corrected chi connectivity index (χ1v) is 8.77. The van der Waals surface area contributed by atoms with Gasteiger partial charge >= 0.3 is 5.97 Å². The lowest BCUT2D eigenvalue weighted by molar-refractivity contribution is -0.136. The van der Waals surface area contributed by atoms with Gasteiger partial charge in [-0.25, -0.2) is 0 Å². The van der Waals surface area contributed by atoms with Crippen LogP contribution in [0.1, 0.15) is 5.56 Å². The number of pyridine rings is 1. The maximum atomic E-state index is 12.8. The lowest BCUT2D eigenvalue weighted by atomic mass is 10.1. The van der Waals surface area contributed by atoms with E-state index in [0.717, 1.165) is 11.1 Å². The van der Waals surface area contributed by atoms with Crippen LogP contribution in [-0.4, -0.2) is 44.3 Å². The van der Waals surface area contributed by atoms with E-state index in [-0.39, 0.29) is 37.3 Å². The second-order valence-electron chi connectivity index (χ2n) is 6.28. The van der Waals surface area contributed by atoms with Crippen LogP contribution in [0.5, 0.6) is 0 Å². The summed E-state index contributed by atoms with van der Waals surface area (Å²) in [5, 5.41) is 19.0. The third-order valence-electron chi connectivity index (χ3n) is 4.21. The van der Waals surface area contributed by atoms with E-state index in [1.54, 1.807) is 30.2 Å². The Bertz CT molecular complexity index is 952. The van der Waals surface area contributed by atoms with Crippen molar-refractivity contribution in [3.8, 4) is 11.3 Å². The first-order chi connectivity index (χ1) is 13.5. The molecule has 0 saturated heterocycles. The van der Waals surface area contributed by atoms with Crippen molar-refractivity contribution in [1.82, 2.24) is 20.1 Å². The Hall–Kier alpha value is -2.94. The van der Waals surface area contributed by atoms with Crippen molar-refractivity contribution in [3.63, 3.8) is 0 Å². The number of aromatic nitrogens is 3. The molecule has 0 aliphatic heterocycles. The van der Waals surface area contributed by atoms with E-state index in [4.69, 9.17) is 5.11 Å². The van der Waals surface area contributed by atoms with Crippen molar-refractivity contribution in [2.75, 3.05) is 11.9 Å². The summed E-state index contributed by atoms with van der Waals surface area (Å²) in [6.07, 6.45) is 3.72. The molecule has 2 heterocycles. The molecule has 3 rings (SSSR count). The number of carboxylic acid groups (broad SMARTS) is 1. The molecule has 3 N–H and O–H groups in total. The summed E-state index contributed by atoms with van der Waals surface area (Å²) in [5.41, 5.74) is 2.53. The topological polar surface area (TPSA) is 109 Å². The number of hydrogen-bond acceptors (Lipinski definition) is 5. The molecule has 1 amide bonds. The fourth-order valence-corrected chi connectivity index (χ4v) is 2.78. The zero-order valence-corrected chi connectivity index (χ0v) is 17.8. The summed E-state index contributed by atoms with van der Waals surface area (Å²) in [7, 11) is 1.73. The predicted molar refractivity (Wildman–Crippen MR) is 119 cm³/mol. The molecule has 0 aliphatic rings. The lowest BCUT2D eigenvalue weighted by Crippen LogP contribution is -2.44. The fourth-order valence-electron chi connectivity index (χ4n) is 2.78. The van der Waals surface area contributed by atoms with Crippen LogP contribution in [0.25, 0.3) is 11.3 Å². The largest absolute Gasteiger partial charge is 0.480 e. The van der Waals surface area contributed by atoms with Crippen molar-refractivity contribution in [1.29, 1.82) is 0 Å². The van der Waals surface area contributed by atoms with Crippen LogP contribution in [0.4, 0.5) is 5.82 Å². The highest BCUT2D eigenvalue weighted by atomic mass is 35.5. The quantitative estimate of drug-likeness (QED) is 0.485. The number of amides is 1. The highest BCUT2D eigenvalue weighted by Gasteiger charge is 2.21. The Kier molecular flexibility index (Phi) is 9.97. The maximum Gasteiger partial charge on any atom is 0.317 e. The monoisotopic (exact) mass is 451 g/mol. The van der Waals surface area contributed by atoms with E-state index in [2.05, 4.69) is 20.7 Å². The molecule has 8 nitrogen and oxygen atoms in total. The molecule has 1 aromatic carbocycles. The van der Waals surface area contributed by atoms with Gasteiger partial charge < -0.3 is 10.4 Å². The van der Waals surface area contributed by atoms with Gasteiger partial charge in [-0.2, -0.15) is 5.10 Å². The Balaban J connectivity index is 0.00000225. The Morgan fingerprint density at radius 2 is 1.77 bits per heavy atom. The summed E-state index contributed by atoms with van der Waals surface area (Å²) in [4.78, 5) is 27.7. The van der Waals surface area contributed by atoms with Gasteiger partial charge in [-0.3, -0.25) is 24.6 Å². The second-order valence-corrected chi connectivity index (χ2v) is 6.28. The third kappa shape index (κ3) is 6.84. The number of anilines is 1. The molecular weight excluding hydrogens is 429 g/mol. The summed E-state index contributed by atoms with van der Waals surface area (Å²) in [5.74, 6) is -0.826. The Morgan fingerprint density at radius 3 is 2.40 bits per heavy atom. The van der Waals surface area contributed by atoms with Crippen LogP contribution in [0.3, 0.4) is 0 Å². The molecule has 0 fully saturated rings. The molecule has 2 aromatic heterocycles. The number of carbonyl (C=O) groups excluding carboxylic acids is 1. The maximum absolute atomic E-state index is 12.8. The van der Waals surface area contributed by atoms with Gasteiger partial charge in [0, 0.05) is 31.1 Å². The smallest absolute Gasteiger partial charge is 0.317 e. The van der Waals surface area contributed by atoms with E-state index in [9.17, 15) is 9.59 Å². The van der Waals surface area contributed by atoms with Crippen molar-refractivity contribution >= 4 is 42.5 Å². The average Bonchev–Trinajstić information content (AvgIpc) is 3.07. The van der Waals surface area contributed by atoms with E-state index in [0.29, 0.717) is 17.9 Å². The van der Waals surface area contributed by atoms with Crippen LogP contribution >= 0.6 is 24.8 Å². The molecule has 3 aromatic rings. The van der Waals surface area contributed by atoms with E-state index < -0.39 is 12.0 Å².